The molecule has 1 saturated carbocycles. The summed E-state index contributed by atoms with van der Waals surface area (Å²) in [6.07, 6.45) is 7.26. The average Bonchev–Trinajstić information content (AvgIpc) is 3.27. The highest BCUT2D eigenvalue weighted by Gasteiger charge is 2.51. The fourth-order valence-corrected chi connectivity index (χ4v) is 3.51. The minimum Gasteiger partial charge on any atom is -0.351 e. The lowest BCUT2D eigenvalue weighted by Gasteiger charge is -2.16. The maximum atomic E-state index is 12.7. The van der Waals surface area contributed by atoms with Crippen LogP contribution in [0.5, 0.6) is 0 Å². The Morgan fingerprint density at radius 1 is 1.20 bits per heavy atom. The summed E-state index contributed by atoms with van der Waals surface area (Å²) in [5.74, 6) is 0.115. The first-order chi connectivity index (χ1) is 12.2. The summed E-state index contributed by atoms with van der Waals surface area (Å²) < 4.78 is 2.97. The van der Waals surface area contributed by atoms with Crippen LogP contribution in [-0.2, 0) is 16.8 Å². The van der Waals surface area contributed by atoms with Crippen LogP contribution in [0.1, 0.15) is 24.0 Å². The number of nitrogens with zero attached hydrogens (tertiary/aromatic N) is 2. The molecule has 1 amide bonds. The predicted molar refractivity (Wildman–Crippen MR) is 100 cm³/mol. The van der Waals surface area contributed by atoms with Crippen LogP contribution in [0.3, 0.4) is 0 Å². The molecule has 1 aliphatic rings. The molecule has 0 atom stereocenters. The van der Waals surface area contributed by atoms with Gasteiger partial charge >= 0.3 is 0 Å². The van der Waals surface area contributed by atoms with Gasteiger partial charge in [0.15, 0.2) is 0 Å². The van der Waals surface area contributed by atoms with Crippen molar-refractivity contribution in [3.05, 3.63) is 82.9 Å². The number of carbonyl (C=O) groups is 1. The van der Waals surface area contributed by atoms with E-state index in [9.17, 15) is 4.79 Å². The number of hydrogen-bond donors (Lipinski definition) is 1. The molecular formula is C20H18BrN3O. The van der Waals surface area contributed by atoms with Crippen molar-refractivity contribution in [2.45, 2.75) is 24.8 Å². The summed E-state index contributed by atoms with van der Waals surface area (Å²) in [7, 11) is 0. The van der Waals surface area contributed by atoms with Gasteiger partial charge in [-0.3, -0.25) is 4.79 Å². The Bertz CT molecular complexity index is 884. The number of rotatable bonds is 5. The van der Waals surface area contributed by atoms with Crippen LogP contribution in [-0.4, -0.2) is 15.5 Å². The van der Waals surface area contributed by atoms with Crippen molar-refractivity contribution in [3.63, 3.8) is 0 Å². The Kier molecular flexibility index (Phi) is 4.17. The lowest BCUT2D eigenvalue weighted by atomic mass is 9.95. The van der Waals surface area contributed by atoms with Crippen molar-refractivity contribution in [2.24, 2.45) is 0 Å². The van der Waals surface area contributed by atoms with Crippen LogP contribution < -0.4 is 5.32 Å². The van der Waals surface area contributed by atoms with Crippen molar-refractivity contribution in [2.75, 3.05) is 0 Å². The summed E-state index contributed by atoms with van der Waals surface area (Å²) in [6, 6.07) is 16.2. The van der Waals surface area contributed by atoms with E-state index in [0.717, 1.165) is 34.1 Å². The molecule has 1 heterocycles. The molecule has 126 valence electrons. The number of carbonyl (C=O) groups excluding carboxylic acids is 1. The molecule has 25 heavy (non-hydrogen) atoms. The van der Waals surface area contributed by atoms with Gasteiger partial charge in [0.1, 0.15) is 0 Å². The van der Waals surface area contributed by atoms with Crippen LogP contribution in [0.25, 0.3) is 5.69 Å². The lowest BCUT2D eigenvalue weighted by molar-refractivity contribution is -0.123. The van der Waals surface area contributed by atoms with E-state index in [2.05, 4.69) is 26.2 Å². The van der Waals surface area contributed by atoms with Gasteiger partial charge in [-0.2, -0.15) is 0 Å². The van der Waals surface area contributed by atoms with Crippen molar-refractivity contribution in [1.82, 2.24) is 14.9 Å². The number of imidazole rings is 1. The van der Waals surface area contributed by atoms with Crippen molar-refractivity contribution >= 4 is 21.8 Å². The Morgan fingerprint density at radius 3 is 2.64 bits per heavy atom. The fourth-order valence-electron chi connectivity index (χ4n) is 3.11. The molecule has 0 unspecified atom stereocenters. The zero-order valence-corrected chi connectivity index (χ0v) is 15.2. The minimum atomic E-state index is -0.347. The number of amides is 1. The third-order valence-electron chi connectivity index (χ3n) is 4.75. The lowest BCUT2D eigenvalue weighted by Crippen LogP contribution is -2.34. The summed E-state index contributed by atoms with van der Waals surface area (Å²) in [4.78, 5) is 16.8. The van der Waals surface area contributed by atoms with E-state index in [0.29, 0.717) is 6.54 Å². The van der Waals surface area contributed by atoms with Gasteiger partial charge < -0.3 is 9.88 Å². The number of aromatic nitrogens is 2. The zero-order chi connectivity index (χ0) is 17.3. The molecule has 1 aromatic heterocycles. The molecule has 5 heteroatoms. The minimum absolute atomic E-state index is 0.115. The maximum Gasteiger partial charge on any atom is 0.230 e. The van der Waals surface area contributed by atoms with Crippen molar-refractivity contribution in [3.8, 4) is 5.69 Å². The first-order valence-electron chi connectivity index (χ1n) is 8.29. The second-order valence-corrected chi connectivity index (χ2v) is 7.33. The van der Waals surface area contributed by atoms with Gasteiger partial charge in [0.2, 0.25) is 5.91 Å². The van der Waals surface area contributed by atoms with Crippen LogP contribution in [0.15, 0.2) is 71.7 Å². The van der Waals surface area contributed by atoms with Gasteiger partial charge in [0.25, 0.3) is 0 Å². The summed E-state index contributed by atoms with van der Waals surface area (Å²) >= 11 is 3.49. The van der Waals surface area contributed by atoms with E-state index >= 15 is 0 Å². The number of hydrogen-bond acceptors (Lipinski definition) is 2. The van der Waals surface area contributed by atoms with Crippen molar-refractivity contribution in [1.29, 1.82) is 0 Å². The van der Waals surface area contributed by atoms with E-state index in [1.807, 2.05) is 59.3 Å². The molecule has 1 N–H and O–H groups in total. The van der Waals surface area contributed by atoms with E-state index in [1.165, 1.54) is 0 Å². The highest BCUT2D eigenvalue weighted by molar-refractivity contribution is 9.10. The Morgan fingerprint density at radius 2 is 2.00 bits per heavy atom. The van der Waals surface area contributed by atoms with E-state index in [-0.39, 0.29) is 11.3 Å². The van der Waals surface area contributed by atoms with E-state index < -0.39 is 0 Å². The first kappa shape index (κ1) is 16.1. The maximum absolute atomic E-state index is 12.7. The normalized spacial score (nSPS) is 14.9. The first-order valence-corrected chi connectivity index (χ1v) is 9.08. The van der Waals surface area contributed by atoms with Crippen molar-refractivity contribution < 1.29 is 4.79 Å². The molecule has 0 bridgehead atoms. The SMILES string of the molecule is O=C(NCc1ccc(-n2ccnc2)cc1)C1(c2cccc(Br)c2)CC1. The van der Waals surface area contributed by atoms with Gasteiger partial charge in [-0.15, -0.1) is 0 Å². The molecule has 0 saturated heterocycles. The number of nitrogens with one attached hydrogen (secondary N) is 1. The summed E-state index contributed by atoms with van der Waals surface area (Å²) in [5, 5.41) is 3.10. The number of benzene rings is 2. The highest BCUT2D eigenvalue weighted by Crippen LogP contribution is 2.48. The highest BCUT2D eigenvalue weighted by atomic mass is 79.9. The third-order valence-corrected chi connectivity index (χ3v) is 5.25. The van der Waals surface area contributed by atoms with Crippen LogP contribution in [0, 0.1) is 0 Å². The van der Waals surface area contributed by atoms with Gasteiger partial charge in [0.05, 0.1) is 11.7 Å². The fraction of sp³-hybridized carbons (Fsp3) is 0.200. The van der Waals surface area contributed by atoms with Gasteiger partial charge in [-0.25, -0.2) is 4.98 Å². The Hall–Kier alpha value is -2.40. The quantitative estimate of drug-likeness (QED) is 0.709. The third kappa shape index (κ3) is 3.24. The predicted octanol–water partition coefficient (Wildman–Crippen LogP) is 3.98. The second-order valence-electron chi connectivity index (χ2n) is 6.41. The largest absolute Gasteiger partial charge is 0.351 e. The summed E-state index contributed by atoms with van der Waals surface area (Å²) in [6.45, 7) is 0.540. The molecule has 0 aliphatic heterocycles. The topological polar surface area (TPSA) is 46.9 Å². The summed E-state index contributed by atoms with van der Waals surface area (Å²) in [5.41, 5.74) is 2.89. The van der Waals surface area contributed by atoms with E-state index in [1.54, 1.807) is 12.5 Å². The molecule has 2 aromatic carbocycles. The zero-order valence-electron chi connectivity index (χ0n) is 13.7. The molecule has 0 spiro atoms. The standard InChI is InChI=1S/C20H18BrN3O/c21-17-3-1-2-16(12-17)20(8-9-20)19(25)23-13-15-4-6-18(7-5-15)24-11-10-22-14-24/h1-7,10-12,14H,8-9,13H2,(H,23,25). The number of halogens is 1. The Labute approximate surface area is 155 Å². The van der Waals surface area contributed by atoms with Crippen LogP contribution >= 0.6 is 15.9 Å². The van der Waals surface area contributed by atoms with Gasteiger partial charge in [-0.05, 0) is 48.2 Å². The molecule has 3 aromatic rings. The van der Waals surface area contributed by atoms with Gasteiger partial charge in [-0.1, -0.05) is 40.2 Å². The van der Waals surface area contributed by atoms with E-state index in [4.69, 9.17) is 0 Å². The molecule has 4 rings (SSSR count). The molecular weight excluding hydrogens is 378 g/mol. The smallest absolute Gasteiger partial charge is 0.230 e. The molecule has 1 aliphatic carbocycles. The average molecular weight is 396 g/mol. The molecule has 1 fully saturated rings. The van der Waals surface area contributed by atoms with Crippen LogP contribution in [0.4, 0.5) is 0 Å². The second kappa shape index (κ2) is 6.48. The molecule has 0 radical (unpaired) electrons. The van der Waals surface area contributed by atoms with Crippen LogP contribution in [0.2, 0.25) is 0 Å². The van der Waals surface area contributed by atoms with Gasteiger partial charge in [0, 0.05) is 29.1 Å². The Balaban J connectivity index is 1.42. The molecule has 4 nitrogen and oxygen atoms in total. The monoisotopic (exact) mass is 395 g/mol.